The molecule has 1 aromatic carbocycles. The van der Waals surface area contributed by atoms with E-state index in [-0.39, 0.29) is 12.5 Å². The summed E-state index contributed by atoms with van der Waals surface area (Å²) in [6.45, 7) is 0.172. The Morgan fingerprint density at radius 3 is 2.59 bits per heavy atom. The highest BCUT2D eigenvalue weighted by atomic mass is 16.5. The van der Waals surface area contributed by atoms with Gasteiger partial charge in [0.1, 0.15) is 18.1 Å². The Labute approximate surface area is 127 Å². The van der Waals surface area contributed by atoms with Gasteiger partial charge in [0.25, 0.3) is 11.8 Å². The van der Waals surface area contributed by atoms with Crippen molar-refractivity contribution >= 4 is 17.5 Å². The molecular weight excluding hydrogens is 282 g/mol. The average Bonchev–Trinajstić information content (AvgIpc) is 2.86. The summed E-state index contributed by atoms with van der Waals surface area (Å²) in [5.74, 6) is 2.09. The van der Waals surface area contributed by atoms with E-state index in [1.807, 2.05) is 0 Å². The molecule has 3 N–H and O–H groups in total. The predicted molar refractivity (Wildman–Crippen MR) is 82.7 cm³/mol. The molecule has 0 bridgehead atoms. The van der Waals surface area contributed by atoms with Crippen LogP contribution in [0.3, 0.4) is 0 Å². The second-order valence-corrected chi connectivity index (χ2v) is 4.56. The molecule has 0 atom stereocenters. The van der Waals surface area contributed by atoms with Crippen LogP contribution in [0, 0.1) is 12.3 Å². The predicted octanol–water partition coefficient (Wildman–Crippen LogP) is 1.39. The summed E-state index contributed by atoms with van der Waals surface area (Å²) in [5.41, 5.74) is 6.49. The lowest BCUT2D eigenvalue weighted by Gasteiger charge is -2.05. The first-order chi connectivity index (χ1) is 10.5. The third-order valence-electron chi connectivity index (χ3n) is 2.95. The minimum atomic E-state index is -0.557. The van der Waals surface area contributed by atoms with Gasteiger partial charge in [0, 0.05) is 18.8 Å². The molecule has 0 saturated carbocycles. The van der Waals surface area contributed by atoms with Crippen LogP contribution >= 0.6 is 0 Å². The Hall–Kier alpha value is -3.20. The van der Waals surface area contributed by atoms with Crippen LogP contribution in [0.5, 0.6) is 5.75 Å². The van der Waals surface area contributed by atoms with Gasteiger partial charge in [-0.05, 0) is 30.3 Å². The Morgan fingerprint density at radius 2 is 2.05 bits per heavy atom. The van der Waals surface area contributed by atoms with Crippen molar-refractivity contribution in [2.75, 3.05) is 11.9 Å². The number of nitrogens with zero attached hydrogens (tertiary/aromatic N) is 1. The van der Waals surface area contributed by atoms with Crippen LogP contribution in [-0.4, -0.2) is 23.0 Å². The monoisotopic (exact) mass is 297 g/mol. The van der Waals surface area contributed by atoms with E-state index < -0.39 is 5.91 Å². The zero-order chi connectivity index (χ0) is 16.1. The summed E-state index contributed by atoms with van der Waals surface area (Å²) >= 11 is 0. The number of aromatic nitrogens is 1. The summed E-state index contributed by atoms with van der Waals surface area (Å²) in [6.07, 6.45) is 6.72. The standard InChI is InChI=1S/C16H15N3O3/c1-3-8-22-13-6-4-11(5-7-13)16(21)18-12-9-14(15(17)20)19(2)10-12/h1,4-7,9-10H,8H2,2H3,(H2,17,20)(H,18,21). The van der Waals surface area contributed by atoms with Crippen LogP contribution in [0.2, 0.25) is 0 Å². The van der Waals surface area contributed by atoms with Crippen molar-refractivity contribution in [1.29, 1.82) is 0 Å². The molecule has 2 amide bonds. The van der Waals surface area contributed by atoms with Gasteiger partial charge in [-0.3, -0.25) is 9.59 Å². The molecule has 6 heteroatoms. The third-order valence-corrected chi connectivity index (χ3v) is 2.95. The molecular formula is C16H15N3O3. The molecule has 1 aromatic heterocycles. The maximum Gasteiger partial charge on any atom is 0.265 e. The van der Waals surface area contributed by atoms with Crippen molar-refractivity contribution in [3.63, 3.8) is 0 Å². The molecule has 112 valence electrons. The number of anilines is 1. The van der Waals surface area contributed by atoms with Crippen molar-refractivity contribution in [2.45, 2.75) is 0 Å². The smallest absolute Gasteiger partial charge is 0.265 e. The molecule has 0 aliphatic heterocycles. The number of carbonyl (C=O) groups is 2. The van der Waals surface area contributed by atoms with Crippen LogP contribution in [-0.2, 0) is 7.05 Å². The van der Waals surface area contributed by atoms with E-state index in [1.54, 1.807) is 42.1 Å². The first-order valence-corrected chi connectivity index (χ1v) is 6.45. The van der Waals surface area contributed by atoms with E-state index in [2.05, 4.69) is 11.2 Å². The van der Waals surface area contributed by atoms with Crippen LogP contribution in [0.15, 0.2) is 36.5 Å². The molecule has 0 fully saturated rings. The fraction of sp³-hybridized carbons (Fsp3) is 0.125. The molecule has 2 rings (SSSR count). The van der Waals surface area contributed by atoms with Crippen LogP contribution in [0.25, 0.3) is 0 Å². The van der Waals surface area contributed by atoms with Gasteiger partial charge in [-0.1, -0.05) is 5.92 Å². The van der Waals surface area contributed by atoms with Gasteiger partial charge in [0.2, 0.25) is 0 Å². The highest BCUT2D eigenvalue weighted by Crippen LogP contribution is 2.16. The number of nitrogens with two attached hydrogens (primary N) is 1. The number of carbonyl (C=O) groups excluding carboxylic acids is 2. The van der Waals surface area contributed by atoms with E-state index in [4.69, 9.17) is 16.9 Å². The van der Waals surface area contributed by atoms with Crippen LogP contribution < -0.4 is 15.8 Å². The molecule has 6 nitrogen and oxygen atoms in total. The number of nitrogens with one attached hydrogen (secondary N) is 1. The number of benzene rings is 1. The maximum atomic E-state index is 12.1. The van der Waals surface area contributed by atoms with E-state index in [1.165, 1.54) is 6.07 Å². The molecule has 0 aliphatic rings. The quantitative estimate of drug-likeness (QED) is 0.818. The normalized spacial score (nSPS) is 9.82. The van der Waals surface area contributed by atoms with E-state index in [0.29, 0.717) is 22.7 Å². The minimum absolute atomic E-state index is 0.172. The van der Waals surface area contributed by atoms with Crippen molar-refractivity contribution in [1.82, 2.24) is 4.57 Å². The topological polar surface area (TPSA) is 86.3 Å². The third kappa shape index (κ3) is 3.46. The van der Waals surface area contributed by atoms with Gasteiger partial charge in [-0.25, -0.2) is 0 Å². The zero-order valence-electron chi connectivity index (χ0n) is 12.0. The molecule has 0 aliphatic carbocycles. The van der Waals surface area contributed by atoms with Gasteiger partial charge >= 0.3 is 0 Å². The average molecular weight is 297 g/mol. The second kappa shape index (κ2) is 6.50. The van der Waals surface area contributed by atoms with Crippen molar-refractivity contribution in [3.8, 4) is 18.1 Å². The number of hydrogen-bond donors (Lipinski definition) is 2. The summed E-state index contributed by atoms with van der Waals surface area (Å²) in [5, 5.41) is 2.70. The SMILES string of the molecule is C#CCOc1ccc(C(=O)Nc2cc(C(N)=O)n(C)c2)cc1. The number of hydrogen-bond acceptors (Lipinski definition) is 3. The lowest BCUT2D eigenvalue weighted by Crippen LogP contribution is -2.14. The maximum absolute atomic E-state index is 12.1. The molecule has 0 spiro atoms. The van der Waals surface area contributed by atoms with Gasteiger partial charge < -0.3 is 20.4 Å². The first kappa shape index (κ1) is 15.2. The highest BCUT2D eigenvalue weighted by molar-refractivity contribution is 6.05. The van der Waals surface area contributed by atoms with Crippen LogP contribution in [0.4, 0.5) is 5.69 Å². The Kier molecular flexibility index (Phi) is 4.49. The summed E-state index contributed by atoms with van der Waals surface area (Å²) < 4.78 is 6.78. The second-order valence-electron chi connectivity index (χ2n) is 4.56. The Bertz CT molecular complexity index is 739. The minimum Gasteiger partial charge on any atom is -0.481 e. The van der Waals surface area contributed by atoms with E-state index in [0.717, 1.165) is 0 Å². The Balaban J connectivity index is 2.07. The van der Waals surface area contributed by atoms with Crippen LogP contribution in [0.1, 0.15) is 20.8 Å². The number of rotatable bonds is 5. The highest BCUT2D eigenvalue weighted by Gasteiger charge is 2.11. The summed E-state index contributed by atoms with van der Waals surface area (Å²) in [6, 6.07) is 8.08. The fourth-order valence-electron chi connectivity index (χ4n) is 1.91. The molecule has 0 radical (unpaired) electrons. The van der Waals surface area contributed by atoms with E-state index in [9.17, 15) is 9.59 Å². The van der Waals surface area contributed by atoms with Gasteiger partial charge in [-0.2, -0.15) is 0 Å². The molecule has 2 aromatic rings. The van der Waals surface area contributed by atoms with Crippen molar-refractivity contribution in [3.05, 3.63) is 47.8 Å². The number of aryl methyl sites for hydroxylation is 1. The molecule has 22 heavy (non-hydrogen) atoms. The van der Waals surface area contributed by atoms with Gasteiger partial charge in [0.05, 0.1) is 5.69 Å². The molecule has 1 heterocycles. The lowest BCUT2D eigenvalue weighted by atomic mass is 10.2. The zero-order valence-corrected chi connectivity index (χ0v) is 12.0. The molecule has 0 unspecified atom stereocenters. The first-order valence-electron chi connectivity index (χ1n) is 6.45. The van der Waals surface area contributed by atoms with Gasteiger partial charge in [-0.15, -0.1) is 6.42 Å². The Morgan fingerprint density at radius 1 is 1.36 bits per heavy atom. The van der Waals surface area contributed by atoms with Gasteiger partial charge in [0.15, 0.2) is 0 Å². The summed E-state index contributed by atoms with van der Waals surface area (Å²) in [7, 11) is 1.67. The van der Waals surface area contributed by atoms with E-state index >= 15 is 0 Å². The number of amides is 2. The number of primary amides is 1. The molecule has 0 saturated heterocycles. The number of terminal acetylenes is 1. The summed E-state index contributed by atoms with van der Waals surface area (Å²) in [4.78, 5) is 23.3. The van der Waals surface area contributed by atoms with Crippen molar-refractivity contribution < 1.29 is 14.3 Å². The largest absolute Gasteiger partial charge is 0.481 e. The van der Waals surface area contributed by atoms with Crippen molar-refractivity contribution in [2.24, 2.45) is 12.8 Å². The fourth-order valence-corrected chi connectivity index (χ4v) is 1.91. The number of ether oxygens (including phenoxy) is 1. The lowest BCUT2D eigenvalue weighted by molar-refractivity contribution is 0.0990.